The fraction of sp³-hybridized carbons (Fsp3) is 0.933. The third-order valence-electron chi connectivity index (χ3n) is 5.06. The SMILES string of the molecule is CC1CCC(C(=O)N2C(C)CCCC2C)CC1N. The molecule has 0 bridgehead atoms. The Hall–Kier alpha value is -0.570. The Bertz CT molecular complexity index is 295. The molecule has 2 N–H and O–H groups in total. The van der Waals surface area contributed by atoms with Gasteiger partial charge >= 0.3 is 0 Å². The number of likely N-dealkylation sites (tertiary alicyclic amines) is 1. The lowest BCUT2D eigenvalue weighted by atomic mass is 9.78. The van der Waals surface area contributed by atoms with Gasteiger partial charge in [0, 0.05) is 24.0 Å². The molecule has 3 heteroatoms. The zero-order valence-electron chi connectivity index (χ0n) is 12.1. The number of nitrogens with zero attached hydrogens (tertiary/aromatic N) is 1. The second kappa shape index (κ2) is 5.60. The van der Waals surface area contributed by atoms with Crippen molar-refractivity contribution >= 4 is 5.91 Å². The van der Waals surface area contributed by atoms with Crippen LogP contribution in [-0.4, -0.2) is 28.9 Å². The van der Waals surface area contributed by atoms with Crippen LogP contribution in [0.1, 0.15) is 59.3 Å². The molecule has 2 aliphatic rings. The van der Waals surface area contributed by atoms with Gasteiger partial charge in [-0.15, -0.1) is 0 Å². The van der Waals surface area contributed by atoms with Crippen molar-refractivity contribution in [2.75, 3.05) is 0 Å². The van der Waals surface area contributed by atoms with Crippen molar-refractivity contribution in [3.8, 4) is 0 Å². The van der Waals surface area contributed by atoms with Crippen molar-refractivity contribution < 1.29 is 4.79 Å². The Labute approximate surface area is 111 Å². The number of amides is 1. The van der Waals surface area contributed by atoms with Crippen LogP contribution < -0.4 is 5.73 Å². The lowest BCUT2D eigenvalue weighted by molar-refractivity contribution is -0.143. The van der Waals surface area contributed by atoms with E-state index < -0.39 is 0 Å². The van der Waals surface area contributed by atoms with E-state index in [4.69, 9.17) is 5.73 Å². The number of rotatable bonds is 1. The molecule has 1 aliphatic carbocycles. The highest BCUT2D eigenvalue weighted by Crippen LogP contribution is 2.32. The molecule has 1 saturated carbocycles. The summed E-state index contributed by atoms with van der Waals surface area (Å²) in [5.74, 6) is 1.13. The molecule has 3 nitrogen and oxygen atoms in total. The highest BCUT2D eigenvalue weighted by atomic mass is 16.2. The molecule has 1 saturated heterocycles. The summed E-state index contributed by atoms with van der Waals surface area (Å²) < 4.78 is 0. The van der Waals surface area contributed by atoms with Crippen LogP contribution in [0.4, 0.5) is 0 Å². The van der Waals surface area contributed by atoms with E-state index >= 15 is 0 Å². The zero-order chi connectivity index (χ0) is 13.3. The van der Waals surface area contributed by atoms with Gasteiger partial charge in [-0.25, -0.2) is 0 Å². The van der Waals surface area contributed by atoms with Crippen LogP contribution in [0.25, 0.3) is 0 Å². The maximum absolute atomic E-state index is 12.7. The molecule has 0 aromatic rings. The summed E-state index contributed by atoms with van der Waals surface area (Å²) >= 11 is 0. The van der Waals surface area contributed by atoms with Gasteiger partial charge in [-0.05, 0) is 58.3 Å². The van der Waals surface area contributed by atoms with E-state index in [1.165, 1.54) is 6.42 Å². The fourth-order valence-electron chi connectivity index (χ4n) is 3.65. The van der Waals surface area contributed by atoms with E-state index in [0.717, 1.165) is 32.1 Å². The minimum atomic E-state index is 0.180. The molecular weight excluding hydrogens is 224 g/mol. The van der Waals surface area contributed by atoms with Gasteiger partial charge in [0.2, 0.25) is 5.91 Å². The first kappa shape index (κ1) is 13.9. The molecule has 5 atom stereocenters. The van der Waals surface area contributed by atoms with Crippen molar-refractivity contribution in [1.29, 1.82) is 0 Å². The van der Waals surface area contributed by atoms with E-state index in [1.807, 2.05) is 0 Å². The predicted octanol–water partition coefficient (Wildman–Crippen LogP) is 2.54. The molecule has 2 fully saturated rings. The van der Waals surface area contributed by atoms with Crippen LogP contribution in [0.5, 0.6) is 0 Å². The number of hydrogen-bond donors (Lipinski definition) is 1. The highest BCUT2D eigenvalue weighted by Gasteiger charge is 2.36. The van der Waals surface area contributed by atoms with Crippen molar-refractivity contribution in [3.63, 3.8) is 0 Å². The van der Waals surface area contributed by atoms with Crippen LogP contribution in [0.2, 0.25) is 0 Å². The Morgan fingerprint density at radius 1 is 1.06 bits per heavy atom. The van der Waals surface area contributed by atoms with Crippen molar-refractivity contribution in [2.24, 2.45) is 17.6 Å². The molecular formula is C15H28N2O. The molecule has 0 radical (unpaired) electrons. The number of piperidine rings is 1. The lowest BCUT2D eigenvalue weighted by Crippen LogP contribution is -2.51. The zero-order valence-corrected chi connectivity index (χ0v) is 12.1. The van der Waals surface area contributed by atoms with Gasteiger partial charge in [0.25, 0.3) is 0 Å². The molecule has 1 heterocycles. The first-order chi connectivity index (χ1) is 8.50. The Balaban J connectivity index is 2.01. The summed E-state index contributed by atoms with van der Waals surface area (Å²) in [7, 11) is 0. The first-order valence-corrected chi connectivity index (χ1v) is 7.58. The van der Waals surface area contributed by atoms with Gasteiger partial charge in [-0.2, -0.15) is 0 Å². The Morgan fingerprint density at radius 3 is 2.22 bits per heavy atom. The molecule has 0 aromatic heterocycles. The standard InChI is InChI=1S/C15H28N2O/c1-10-7-8-13(9-14(10)16)15(18)17-11(2)5-4-6-12(17)3/h10-14H,4-9,16H2,1-3H3. The van der Waals surface area contributed by atoms with Crippen LogP contribution in [-0.2, 0) is 4.79 Å². The quantitative estimate of drug-likeness (QED) is 0.779. The Kier molecular flexibility index (Phi) is 4.31. The van der Waals surface area contributed by atoms with Gasteiger partial charge in [-0.1, -0.05) is 6.92 Å². The summed E-state index contributed by atoms with van der Waals surface area (Å²) in [6, 6.07) is 1.04. The smallest absolute Gasteiger partial charge is 0.226 e. The highest BCUT2D eigenvalue weighted by molar-refractivity contribution is 5.79. The van der Waals surface area contributed by atoms with Crippen LogP contribution in [0, 0.1) is 11.8 Å². The monoisotopic (exact) mass is 252 g/mol. The second-order valence-electron chi connectivity index (χ2n) is 6.53. The van der Waals surface area contributed by atoms with E-state index in [0.29, 0.717) is 23.9 Å². The molecule has 2 rings (SSSR count). The lowest BCUT2D eigenvalue weighted by Gasteiger charge is -2.42. The van der Waals surface area contributed by atoms with Gasteiger partial charge in [0.1, 0.15) is 0 Å². The van der Waals surface area contributed by atoms with Crippen LogP contribution >= 0.6 is 0 Å². The normalized spacial score (nSPS) is 41.8. The van der Waals surface area contributed by atoms with Gasteiger partial charge in [0.15, 0.2) is 0 Å². The molecule has 1 amide bonds. The number of carbonyl (C=O) groups is 1. The summed E-state index contributed by atoms with van der Waals surface area (Å²) in [5, 5.41) is 0. The summed E-state index contributed by atoms with van der Waals surface area (Å²) in [4.78, 5) is 14.8. The van der Waals surface area contributed by atoms with E-state index in [1.54, 1.807) is 0 Å². The van der Waals surface area contributed by atoms with Gasteiger partial charge in [-0.3, -0.25) is 4.79 Å². The molecule has 1 aliphatic heterocycles. The average molecular weight is 252 g/mol. The average Bonchev–Trinajstić information content (AvgIpc) is 2.32. The fourth-order valence-corrected chi connectivity index (χ4v) is 3.65. The maximum atomic E-state index is 12.7. The number of hydrogen-bond acceptors (Lipinski definition) is 2. The van der Waals surface area contributed by atoms with Gasteiger partial charge < -0.3 is 10.6 Å². The minimum Gasteiger partial charge on any atom is -0.337 e. The first-order valence-electron chi connectivity index (χ1n) is 7.58. The number of carbonyl (C=O) groups excluding carboxylic acids is 1. The molecule has 5 unspecified atom stereocenters. The maximum Gasteiger partial charge on any atom is 0.226 e. The minimum absolute atomic E-state index is 0.180. The van der Waals surface area contributed by atoms with Crippen LogP contribution in [0.3, 0.4) is 0 Å². The largest absolute Gasteiger partial charge is 0.337 e. The van der Waals surface area contributed by atoms with Crippen LogP contribution in [0.15, 0.2) is 0 Å². The van der Waals surface area contributed by atoms with Crippen molar-refractivity contribution in [3.05, 3.63) is 0 Å². The van der Waals surface area contributed by atoms with Gasteiger partial charge in [0.05, 0.1) is 0 Å². The summed E-state index contributed by atoms with van der Waals surface area (Å²) in [6.07, 6.45) is 6.59. The predicted molar refractivity (Wildman–Crippen MR) is 74.1 cm³/mol. The third-order valence-corrected chi connectivity index (χ3v) is 5.06. The van der Waals surface area contributed by atoms with Crippen molar-refractivity contribution in [2.45, 2.75) is 77.4 Å². The summed E-state index contributed by atoms with van der Waals surface area (Å²) in [6.45, 7) is 6.59. The van der Waals surface area contributed by atoms with E-state index in [9.17, 15) is 4.79 Å². The summed E-state index contributed by atoms with van der Waals surface area (Å²) in [5.41, 5.74) is 6.13. The second-order valence-corrected chi connectivity index (χ2v) is 6.53. The topological polar surface area (TPSA) is 46.3 Å². The molecule has 0 spiro atoms. The number of nitrogens with two attached hydrogens (primary N) is 1. The Morgan fingerprint density at radius 2 is 1.67 bits per heavy atom. The molecule has 18 heavy (non-hydrogen) atoms. The third kappa shape index (κ3) is 2.71. The molecule has 0 aromatic carbocycles. The molecule has 104 valence electrons. The van der Waals surface area contributed by atoms with E-state index in [2.05, 4.69) is 25.7 Å². The van der Waals surface area contributed by atoms with E-state index in [-0.39, 0.29) is 12.0 Å². The van der Waals surface area contributed by atoms with Crippen molar-refractivity contribution in [1.82, 2.24) is 4.90 Å².